The van der Waals surface area contributed by atoms with Gasteiger partial charge in [-0.2, -0.15) is 0 Å². The molecule has 0 aliphatic carbocycles. The number of nitrogens with one attached hydrogen (secondary N) is 1. The molecule has 7 heteroatoms. The van der Waals surface area contributed by atoms with Crippen molar-refractivity contribution in [3.8, 4) is 5.69 Å². The van der Waals surface area contributed by atoms with Gasteiger partial charge in [0.2, 0.25) is 5.43 Å². The normalized spacial score (nSPS) is 14.8. The zero-order valence-corrected chi connectivity index (χ0v) is 15.9. The molecule has 4 rings (SSSR count). The fourth-order valence-corrected chi connectivity index (χ4v) is 3.64. The molecule has 3 N–H and O–H groups in total. The number of amides is 1. The third kappa shape index (κ3) is 4.00. The van der Waals surface area contributed by atoms with Crippen LogP contribution in [0.1, 0.15) is 23.2 Å². The number of hydrogen-bond acceptors (Lipinski definition) is 4. The Bertz CT molecular complexity index is 1100. The van der Waals surface area contributed by atoms with Crippen molar-refractivity contribution in [1.29, 1.82) is 0 Å². The molecule has 1 fully saturated rings. The van der Waals surface area contributed by atoms with Crippen LogP contribution in [0.2, 0.25) is 0 Å². The minimum atomic E-state index is -0.798. The fraction of sp³-hybridized carbons (Fsp3) is 0.273. The number of primary amides is 1. The van der Waals surface area contributed by atoms with E-state index in [0.29, 0.717) is 22.5 Å². The van der Waals surface area contributed by atoms with Crippen molar-refractivity contribution in [3.05, 3.63) is 70.3 Å². The first-order valence-electron chi connectivity index (χ1n) is 9.60. The molecule has 0 radical (unpaired) electrons. The van der Waals surface area contributed by atoms with Crippen LogP contribution in [0.15, 0.2) is 53.5 Å². The Morgan fingerprint density at radius 2 is 1.90 bits per heavy atom. The highest BCUT2D eigenvalue weighted by Crippen LogP contribution is 2.23. The Hall–Kier alpha value is -3.19. The molecule has 0 spiro atoms. The molecule has 2 aromatic carbocycles. The van der Waals surface area contributed by atoms with Crippen molar-refractivity contribution in [2.45, 2.75) is 12.8 Å². The topological polar surface area (TPSA) is 86.3 Å². The maximum Gasteiger partial charge on any atom is 0.254 e. The van der Waals surface area contributed by atoms with Crippen LogP contribution in [0.25, 0.3) is 16.6 Å². The SMILES string of the molecule is NC(=O)c1cn(-c2ccc(F)cc2)c2ccc(NCC3CCOCC3)cc2c1=O. The lowest BCUT2D eigenvalue weighted by molar-refractivity contribution is 0.0699. The van der Waals surface area contributed by atoms with Crippen LogP contribution in [0.5, 0.6) is 0 Å². The average Bonchev–Trinajstić information content (AvgIpc) is 2.74. The second kappa shape index (κ2) is 8.05. The summed E-state index contributed by atoms with van der Waals surface area (Å²) in [6.45, 7) is 2.33. The van der Waals surface area contributed by atoms with Crippen molar-refractivity contribution in [1.82, 2.24) is 4.57 Å². The maximum atomic E-state index is 13.3. The number of rotatable bonds is 5. The molecule has 1 aliphatic heterocycles. The highest BCUT2D eigenvalue weighted by Gasteiger charge is 2.16. The van der Waals surface area contributed by atoms with E-state index in [9.17, 15) is 14.0 Å². The predicted molar refractivity (Wildman–Crippen MR) is 110 cm³/mol. The minimum Gasteiger partial charge on any atom is -0.385 e. The predicted octanol–water partition coefficient (Wildman–Crippen LogP) is 3.07. The smallest absolute Gasteiger partial charge is 0.254 e. The fourth-order valence-electron chi connectivity index (χ4n) is 3.64. The molecular formula is C22H22FN3O3. The first-order valence-corrected chi connectivity index (χ1v) is 9.60. The quantitative estimate of drug-likeness (QED) is 0.695. The number of aromatic nitrogens is 1. The molecule has 0 bridgehead atoms. The summed E-state index contributed by atoms with van der Waals surface area (Å²) in [5, 5.41) is 3.76. The van der Waals surface area contributed by atoms with E-state index >= 15 is 0 Å². The lowest BCUT2D eigenvalue weighted by Gasteiger charge is -2.22. The van der Waals surface area contributed by atoms with Gasteiger partial charge in [-0.3, -0.25) is 9.59 Å². The number of hydrogen-bond donors (Lipinski definition) is 2. The summed E-state index contributed by atoms with van der Waals surface area (Å²) in [7, 11) is 0. The molecular weight excluding hydrogens is 373 g/mol. The number of benzene rings is 2. The van der Waals surface area contributed by atoms with Crippen molar-refractivity contribution in [2.75, 3.05) is 25.1 Å². The largest absolute Gasteiger partial charge is 0.385 e. The van der Waals surface area contributed by atoms with Gasteiger partial charge in [-0.25, -0.2) is 4.39 Å². The van der Waals surface area contributed by atoms with Gasteiger partial charge < -0.3 is 20.4 Å². The summed E-state index contributed by atoms with van der Waals surface area (Å²) in [5.41, 5.74) is 6.95. The Balaban J connectivity index is 1.76. The molecule has 29 heavy (non-hydrogen) atoms. The van der Waals surface area contributed by atoms with Crippen LogP contribution in [-0.4, -0.2) is 30.2 Å². The first kappa shape index (κ1) is 19.1. The molecule has 1 aliphatic rings. The number of nitrogens with zero attached hydrogens (tertiary/aromatic N) is 1. The number of carbonyl (C=O) groups excluding carboxylic acids is 1. The average molecular weight is 395 g/mol. The number of pyridine rings is 1. The molecule has 150 valence electrons. The molecule has 1 aromatic heterocycles. The van der Waals surface area contributed by atoms with Crippen molar-refractivity contribution < 1.29 is 13.9 Å². The standard InChI is InChI=1S/C22H22FN3O3/c23-15-1-4-17(5-2-15)26-13-19(22(24)28)21(27)18-11-16(3-6-20(18)26)25-12-14-7-9-29-10-8-14/h1-6,11,13-14,25H,7-10,12H2,(H2,24,28). The lowest BCUT2D eigenvalue weighted by Crippen LogP contribution is -2.24. The molecule has 2 heterocycles. The van der Waals surface area contributed by atoms with E-state index in [2.05, 4.69) is 5.32 Å². The molecule has 0 atom stereocenters. The minimum absolute atomic E-state index is 0.108. The van der Waals surface area contributed by atoms with Gasteiger partial charge in [-0.1, -0.05) is 0 Å². The molecule has 3 aromatic rings. The first-order chi connectivity index (χ1) is 14.0. The van der Waals surface area contributed by atoms with Crippen molar-refractivity contribution >= 4 is 22.5 Å². The molecule has 1 amide bonds. The van der Waals surface area contributed by atoms with E-state index in [1.165, 1.54) is 18.3 Å². The van der Waals surface area contributed by atoms with Gasteiger partial charge >= 0.3 is 0 Å². The third-order valence-corrected chi connectivity index (χ3v) is 5.31. The van der Waals surface area contributed by atoms with E-state index < -0.39 is 11.3 Å². The number of anilines is 1. The van der Waals surface area contributed by atoms with Crippen LogP contribution in [0.3, 0.4) is 0 Å². The number of fused-ring (bicyclic) bond motifs is 1. The summed E-state index contributed by atoms with van der Waals surface area (Å²) in [5.74, 6) is -0.644. The highest BCUT2D eigenvalue weighted by molar-refractivity contribution is 5.97. The van der Waals surface area contributed by atoms with E-state index in [0.717, 1.165) is 38.3 Å². The lowest BCUT2D eigenvalue weighted by atomic mass is 10.0. The number of ether oxygens (including phenoxy) is 1. The van der Waals surface area contributed by atoms with Gasteiger partial charge in [0.25, 0.3) is 5.91 Å². The van der Waals surface area contributed by atoms with Gasteiger partial charge in [0.15, 0.2) is 0 Å². The van der Waals surface area contributed by atoms with Crippen molar-refractivity contribution in [2.24, 2.45) is 11.7 Å². The second-order valence-electron chi connectivity index (χ2n) is 7.25. The summed E-state index contributed by atoms with van der Waals surface area (Å²) < 4.78 is 20.4. The van der Waals surface area contributed by atoms with E-state index in [1.54, 1.807) is 22.8 Å². The van der Waals surface area contributed by atoms with Gasteiger partial charge in [0.1, 0.15) is 11.4 Å². The van der Waals surface area contributed by atoms with Gasteiger partial charge in [0.05, 0.1) is 5.52 Å². The summed E-state index contributed by atoms with van der Waals surface area (Å²) in [6, 6.07) is 11.3. The van der Waals surface area contributed by atoms with Gasteiger partial charge in [-0.05, 0) is 61.2 Å². The number of carbonyl (C=O) groups is 1. The Morgan fingerprint density at radius 3 is 2.59 bits per heavy atom. The number of halogens is 1. The van der Waals surface area contributed by atoms with Gasteiger partial charge in [0, 0.05) is 42.7 Å². The van der Waals surface area contributed by atoms with Crippen LogP contribution in [-0.2, 0) is 4.74 Å². The third-order valence-electron chi connectivity index (χ3n) is 5.31. The van der Waals surface area contributed by atoms with E-state index in [4.69, 9.17) is 10.5 Å². The van der Waals surface area contributed by atoms with E-state index in [1.807, 2.05) is 12.1 Å². The van der Waals surface area contributed by atoms with Crippen LogP contribution in [0.4, 0.5) is 10.1 Å². The van der Waals surface area contributed by atoms with Gasteiger partial charge in [-0.15, -0.1) is 0 Å². The number of nitrogens with two attached hydrogens (primary N) is 1. The summed E-state index contributed by atoms with van der Waals surface area (Å²) in [6.07, 6.45) is 3.42. The zero-order chi connectivity index (χ0) is 20.4. The molecule has 0 unspecified atom stereocenters. The van der Waals surface area contributed by atoms with E-state index in [-0.39, 0.29) is 11.4 Å². The van der Waals surface area contributed by atoms with Crippen LogP contribution in [0, 0.1) is 11.7 Å². The van der Waals surface area contributed by atoms with Crippen molar-refractivity contribution in [3.63, 3.8) is 0 Å². The second-order valence-corrected chi connectivity index (χ2v) is 7.25. The Kier molecular flexibility index (Phi) is 5.31. The zero-order valence-electron chi connectivity index (χ0n) is 15.9. The molecule has 1 saturated heterocycles. The van der Waals surface area contributed by atoms with Crippen LogP contribution < -0.4 is 16.5 Å². The van der Waals surface area contributed by atoms with Crippen LogP contribution >= 0.6 is 0 Å². The summed E-state index contributed by atoms with van der Waals surface area (Å²) in [4.78, 5) is 24.7. The monoisotopic (exact) mass is 395 g/mol. The summed E-state index contributed by atoms with van der Waals surface area (Å²) >= 11 is 0. The highest BCUT2D eigenvalue weighted by atomic mass is 19.1. The molecule has 0 saturated carbocycles. The molecule has 6 nitrogen and oxygen atoms in total. The Labute approximate surface area is 167 Å². The maximum absolute atomic E-state index is 13.3. The Morgan fingerprint density at radius 1 is 1.17 bits per heavy atom.